The van der Waals surface area contributed by atoms with Crippen LogP contribution in [0.2, 0.25) is 0 Å². The minimum atomic E-state index is -1.11. The molecule has 23 heavy (non-hydrogen) atoms. The van der Waals surface area contributed by atoms with Gasteiger partial charge in [-0.25, -0.2) is 0 Å². The van der Waals surface area contributed by atoms with Crippen LogP contribution in [0.3, 0.4) is 0 Å². The van der Waals surface area contributed by atoms with Crippen LogP contribution in [-0.4, -0.2) is 35.0 Å². The van der Waals surface area contributed by atoms with E-state index in [0.29, 0.717) is 0 Å². The van der Waals surface area contributed by atoms with Gasteiger partial charge in [0.2, 0.25) is 0 Å². The number of carbonyl (C=O) groups excluding carboxylic acids is 2. The van der Waals surface area contributed by atoms with Crippen molar-refractivity contribution >= 4 is 35.0 Å². The van der Waals surface area contributed by atoms with E-state index in [2.05, 4.69) is 0 Å². The molecule has 0 aliphatic heterocycles. The van der Waals surface area contributed by atoms with Gasteiger partial charge < -0.3 is 19.8 Å². The summed E-state index contributed by atoms with van der Waals surface area (Å²) in [5.74, 6) is -2.22. The van der Waals surface area contributed by atoms with Crippen LogP contribution >= 0.6 is 0 Å². The summed E-state index contributed by atoms with van der Waals surface area (Å²) in [4.78, 5) is 20.7. The quantitative estimate of drug-likeness (QED) is 0.781. The monoisotopic (exact) mass is 322 g/mol. The SMILES string of the molecule is CCc1cccc(C(=O)[O-])c1.CCc1cccc(C(=O)[O-])c1.[Mg+2]. The number of carbonyl (C=O) groups is 2. The van der Waals surface area contributed by atoms with E-state index >= 15 is 0 Å². The molecule has 0 unspecified atom stereocenters. The zero-order valence-electron chi connectivity index (χ0n) is 13.4. The molecule has 0 aliphatic rings. The van der Waals surface area contributed by atoms with Crippen molar-refractivity contribution in [2.75, 3.05) is 0 Å². The molecular weight excluding hydrogens is 304 g/mol. The number of hydrogen-bond acceptors (Lipinski definition) is 4. The standard InChI is InChI=1S/2C9H10O2.Mg/c2*1-2-7-4-3-5-8(6-7)9(10)11;/h2*3-6H,2H2,1H3,(H,10,11);/q;;+2/p-2. The number of rotatable bonds is 4. The minimum Gasteiger partial charge on any atom is -0.545 e. The van der Waals surface area contributed by atoms with Gasteiger partial charge in [-0.05, 0) is 47.2 Å². The second-order valence-corrected chi connectivity index (χ2v) is 4.68. The molecule has 0 N–H and O–H groups in total. The molecule has 0 spiro atoms. The average Bonchev–Trinajstić information content (AvgIpc) is 2.55. The van der Waals surface area contributed by atoms with Crippen molar-refractivity contribution in [1.29, 1.82) is 0 Å². The Bertz CT molecular complexity index is 595. The molecule has 0 fully saturated rings. The van der Waals surface area contributed by atoms with Crippen molar-refractivity contribution in [3.8, 4) is 0 Å². The molecular formula is C18H18MgO4. The second kappa shape index (κ2) is 10.8. The Morgan fingerprint density at radius 3 is 1.39 bits per heavy atom. The summed E-state index contributed by atoms with van der Waals surface area (Å²) < 4.78 is 0. The second-order valence-electron chi connectivity index (χ2n) is 4.68. The molecule has 0 saturated heterocycles. The zero-order chi connectivity index (χ0) is 16.5. The Morgan fingerprint density at radius 1 is 0.783 bits per heavy atom. The molecule has 2 aromatic rings. The van der Waals surface area contributed by atoms with E-state index < -0.39 is 11.9 Å². The molecule has 0 aromatic heterocycles. The number of benzene rings is 2. The summed E-state index contributed by atoms with van der Waals surface area (Å²) in [5, 5.41) is 20.7. The van der Waals surface area contributed by atoms with Crippen molar-refractivity contribution in [2.24, 2.45) is 0 Å². The molecule has 0 saturated carbocycles. The van der Waals surface area contributed by atoms with Crippen LogP contribution < -0.4 is 10.2 Å². The Hall–Kier alpha value is -1.85. The maximum atomic E-state index is 10.4. The minimum absolute atomic E-state index is 0. The van der Waals surface area contributed by atoms with Crippen LogP contribution in [0.15, 0.2) is 48.5 Å². The van der Waals surface area contributed by atoms with Crippen LogP contribution in [0.4, 0.5) is 0 Å². The molecule has 0 aliphatic carbocycles. The van der Waals surface area contributed by atoms with Crippen LogP contribution in [0.1, 0.15) is 45.7 Å². The molecule has 0 atom stereocenters. The van der Waals surface area contributed by atoms with Crippen molar-refractivity contribution in [2.45, 2.75) is 26.7 Å². The molecule has 0 bridgehead atoms. The zero-order valence-corrected chi connectivity index (χ0v) is 14.8. The van der Waals surface area contributed by atoms with Gasteiger partial charge in [-0.1, -0.05) is 50.2 Å². The maximum absolute atomic E-state index is 10.4. The summed E-state index contributed by atoms with van der Waals surface area (Å²) in [5.41, 5.74) is 2.55. The molecule has 5 heteroatoms. The fourth-order valence-electron chi connectivity index (χ4n) is 1.84. The van der Waals surface area contributed by atoms with Gasteiger partial charge in [0.15, 0.2) is 0 Å². The summed E-state index contributed by atoms with van der Waals surface area (Å²) >= 11 is 0. The maximum Gasteiger partial charge on any atom is 2.00 e. The van der Waals surface area contributed by atoms with E-state index in [1.165, 1.54) is 12.1 Å². The van der Waals surface area contributed by atoms with E-state index in [-0.39, 0.29) is 34.2 Å². The van der Waals surface area contributed by atoms with Crippen molar-refractivity contribution in [3.05, 3.63) is 70.8 Å². The predicted octanol–water partition coefficient (Wildman–Crippen LogP) is 0.844. The first kappa shape index (κ1) is 21.1. The van der Waals surface area contributed by atoms with Crippen LogP contribution in [-0.2, 0) is 12.8 Å². The topological polar surface area (TPSA) is 80.3 Å². The molecule has 2 rings (SSSR count). The molecule has 0 amide bonds. The average molecular weight is 323 g/mol. The van der Waals surface area contributed by atoms with Gasteiger partial charge in [-0.3, -0.25) is 0 Å². The first-order valence-corrected chi connectivity index (χ1v) is 7.08. The van der Waals surface area contributed by atoms with Crippen LogP contribution in [0.25, 0.3) is 0 Å². The summed E-state index contributed by atoms with van der Waals surface area (Å²) in [6.07, 6.45) is 1.70. The van der Waals surface area contributed by atoms with Gasteiger partial charge in [0, 0.05) is 0 Å². The first-order valence-electron chi connectivity index (χ1n) is 7.08. The third-order valence-electron chi connectivity index (χ3n) is 3.14. The van der Waals surface area contributed by atoms with E-state index in [0.717, 1.165) is 24.0 Å². The van der Waals surface area contributed by atoms with E-state index in [9.17, 15) is 19.8 Å². The number of carboxylic acid groups (broad SMARTS) is 2. The normalized spacial score (nSPS) is 9.13. The van der Waals surface area contributed by atoms with E-state index in [4.69, 9.17) is 0 Å². The van der Waals surface area contributed by atoms with Gasteiger partial charge in [0.05, 0.1) is 11.9 Å². The predicted molar refractivity (Wildman–Crippen MR) is 86.1 cm³/mol. The molecule has 0 heterocycles. The number of aromatic carboxylic acids is 2. The number of aryl methyl sites for hydroxylation is 2. The third-order valence-corrected chi connectivity index (χ3v) is 3.14. The first-order chi connectivity index (χ1) is 10.5. The van der Waals surface area contributed by atoms with Gasteiger partial charge in [0.1, 0.15) is 0 Å². The molecule has 116 valence electrons. The molecule has 4 nitrogen and oxygen atoms in total. The molecule has 2 aromatic carbocycles. The Kier molecular flexibility index (Phi) is 9.93. The Balaban J connectivity index is 0.000000403. The van der Waals surface area contributed by atoms with Gasteiger partial charge in [0.25, 0.3) is 0 Å². The fourth-order valence-corrected chi connectivity index (χ4v) is 1.84. The van der Waals surface area contributed by atoms with Crippen molar-refractivity contribution < 1.29 is 19.8 Å². The van der Waals surface area contributed by atoms with Gasteiger partial charge in [-0.2, -0.15) is 0 Å². The number of carboxylic acids is 2. The Morgan fingerprint density at radius 2 is 1.13 bits per heavy atom. The number of hydrogen-bond donors (Lipinski definition) is 0. The van der Waals surface area contributed by atoms with Crippen LogP contribution in [0.5, 0.6) is 0 Å². The summed E-state index contributed by atoms with van der Waals surface area (Å²) in [6, 6.07) is 13.6. The van der Waals surface area contributed by atoms with Crippen molar-refractivity contribution in [3.63, 3.8) is 0 Å². The van der Waals surface area contributed by atoms with Crippen LogP contribution in [0, 0.1) is 0 Å². The van der Waals surface area contributed by atoms with E-state index in [1.807, 2.05) is 26.0 Å². The van der Waals surface area contributed by atoms with Gasteiger partial charge >= 0.3 is 23.1 Å². The third kappa shape index (κ3) is 7.30. The van der Waals surface area contributed by atoms with E-state index in [1.54, 1.807) is 24.3 Å². The summed E-state index contributed by atoms with van der Waals surface area (Å²) in [6.45, 7) is 3.96. The Labute approximate surface area is 152 Å². The van der Waals surface area contributed by atoms with Gasteiger partial charge in [-0.15, -0.1) is 0 Å². The fraction of sp³-hybridized carbons (Fsp3) is 0.222. The largest absolute Gasteiger partial charge is 2.00 e. The van der Waals surface area contributed by atoms with Crippen molar-refractivity contribution in [1.82, 2.24) is 0 Å². The smallest absolute Gasteiger partial charge is 0.545 e. The molecule has 0 radical (unpaired) electrons. The summed E-state index contributed by atoms with van der Waals surface area (Å²) in [7, 11) is 0.